The summed E-state index contributed by atoms with van der Waals surface area (Å²) in [6.07, 6.45) is 2.19. The number of hydrogen-bond acceptors (Lipinski definition) is 4. The first-order chi connectivity index (χ1) is 13.0. The van der Waals surface area contributed by atoms with Gasteiger partial charge in [-0.05, 0) is 62.3 Å². The van der Waals surface area contributed by atoms with Gasteiger partial charge in [0, 0.05) is 17.7 Å². The molecule has 0 aliphatic heterocycles. The van der Waals surface area contributed by atoms with E-state index in [0.29, 0.717) is 43.0 Å². The van der Waals surface area contributed by atoms with Gasteiger partial charge in [0.25, 0.3) is 0 Å². The Morgan fingerprint density at radius 3 is 2.37 bits per heavy atom. The number of Topliss-reactive ketones (excluding diaryl/α,β-unsaturated/α-hetero) is 2. The van der Waals surface area contributed by atoms with Crippen LogP contribution in [0.3, 0.4) is 0 Å². The van der Waals surface area contributed by atoms with Crippen LogP contribution in [0.4, 0.5) is 0 Å². The quantitative estimate of drug-likeness (QED) is 0.452. The highest BCUT2D eigenvalue weighted by Crippen LogP contribution is 2.49. The monoisotopic (exact) mass is 366 g/mol. The summed E-state index contributed by atoms with van der Waals surface area (Å²) in [7, 11) is 0. The number of carbonyl (C=O) groups excluding carboxylic acids is 2. The molecule has 1 aliphatic rings. The predicted molar refractivity (Wildman–Crippen MR) is 105 cm³/mol. The Balaban J connectivity index is 1.33. The Morgan fingerprint density at radius 2 is 1.63 bits per heavy atom. The standard InChI is InChI=1S/C23H26O4/c1-16(24)18-5-3-7-20(13-18)23-15-21(23)9-10-26-11-12-27-22-8-4-6-19(14-22)17(2)25/h3-8,13-14,21,23H,9-12,15H2,1-2H3. The summed E-state index contributed by atoms with van der Waals surface area (Å²) in [5.41, 5.74) is 2.71. The van der Waals surface area contributed by atoms with Gasteiger partial charge in [-0.3, -0.25) is 9.59 Å². The van der Waals surface area contributed by atoms with Crippen molar-refractivity contribution < 1.29 is 19.1 Å². The van der Waals surface area contributed by atoms with Crippen LogP contribution >= 0.6 is 0 Å². The summed E-state index contributed by atoms with van der Waals surface area (Å²) in [5, 5.41) is 0. The molecule has 1 saturated carbocycles. The molecule has 0 N–H and O–H groups in total. The van der Waals surface area contributed by atoms with Crippen molar-refractivity contribution >= 4 is 11.6 Å². The van der Waals surface area contributed by atoms with E-state index in [0.717, 1.165) is 12.0 Å². The summed E-state index contributed by atoms with van der Waals surface area (Å²) in [4.78, 5) is 22.9. The van der Waals surface area contributed by atoms with E-state index in [1.807, 2.05) is 30.3 Å². The fourth-order valence-corrected chi connectivity index (χ4v) is 3.32. The van der Waals surface area contributed by atoms with Gasteiger partial charge in [0.1, 0.15) is 12.4 Å². The van der Waals surface area contributed by atoms with Gasteiger partial charge < -0.3 is 9.47 Å². The van der Waals surface area contributed by atoms with Crippen molar-refractivity contribution in [2.75, 3.05) is 19.8 Å². The highest BCUT2D eigenvalue weighted by Gasteiger charge is 2.37. The third kappa shape index (κ3) is 5.51. The molecule has 4 nitrogen and oxygen atoms in total. The minimum atomic E-state index is 0.0320. The second-order valence-electron chi connectivity index (χ2n) is 7.12. The van der Waals surface area contributed by atoms with E-state index in [2.05, 4.69) is 6.07 Å². The van der Waals surface area contributed by atoms with Crippen LogP contribution < -0.4 is 4.74 Å². The molecule has 2 unspecified atom stereocenters. The molecule has 1 aliphatic carbocycles. The van der Waals surface area contributed by atoms with Crippen LogP contribution in [0.2, 0.25) is 0 Å². The highest BCUT2D eigenvalue weighted by atomic mass is 16.5. The molecule has 0 radical (unpaired) electrons. The lowest BCUT2D eigenvalue weighted by Crippen LogP contribution is -2.08. The number of ether oxygens (including phenoxy) is 2. The first-order valence-electron chi connectivity index (χ1n) is 9.47. The predicted octanol–water partition coefficient (Wildman–Crippen LogP) is 4.68. The van der Waals surface area contributed by atoms with Crippen molar-refractivity contribution in [3.63, 3.8) is 0 Å². The number of ketones is 2. The zero-order valence-electron chi connectivity index (χ0n) is 15.9. The lowest BCUT2D eigenvalue weighted by molar-refractivity contribution is 0.0953. The average Bonchev–Trinajstić information content (AvgIpc) is 3.44. The molecule has 4 heteroatoms. The van der Waals surface area contributed by atoms with E-state index in [4.69, 9.17) is 9.47 Å². The van der Waals surface area contributed by atoms with E-state index in [-0.39, 0.29) is 11.6 Å². The number of rotatable bonds is 10. The molecule has 2 atom stereocenters. The fraction of sp³-hybridized carbons (Fsp3) is 0.391. The fourth-order valence-electron chi connectivity index (χ4n) is 3.32. The molecule has 0 amide bonds. The van der Waals surface area contributed by atoms with Gasteiger partial charge in [-0.15, -0.1) is 0 Å². The SMILES string of the molecule is CC(=O)c1cccc(OCCOCCC2CC2c2cccc(C(C)=O)c2)c1. The second-order valence-corrected chi connectivity index (χ2v) is 7.12. The maximum atomic E-state index is 11.5. The van der Waals surface area contributed by atoms with Crippen molar-refractivity contribution in [1.82, 2.24) is 0 Å². The normalized spacial score (nSPS) is 18.1. The molecular weight excluding hydrogens is 340 g/mol. The lowest BCUT2D eigenvalue weighted by Gasteiger charge is -2.08. The zero-order chi connectivity index (χ0) is 19.2. The van der Waals surface area contributed by atoms with Gasteiger partial charge in [0.15, 0.2) is 11.6 Å². The third-order valence-electron chi connectivity index (χ3n) is 5.01. The summed E-state index contributed by atoms with van der Waals surface area (Å²) in [5.74, 6) is 2.04. The number of benzene rings is 2. The van der Waals surface area contributed by atoms with Crippen LogP contribution in [0.1, 0.15) is 58.9 Å². The van der Waals surface area contributed by atoms with Gasteiger partial charge in [-0.2, -0.15) is 0 Å². The molecule has 1 fully saturated rings. The Labute approximate surface area is 160 Å². The topological polar surface area (TPSA) is 52.6 Å². The molecule has 0 bridgehead atoms. The Morgan fingerprint density at radius 1 is 0.926 bits per heavy atom. The molecule has 142 valence electrons. The van der Waals surface area contributed by atoms with E-state index in [1.54, 1.807) is 26.0 Å². The van der Waals surface area contributed by atoms with Gasteiger partial charge >= 0.3 is 0 Å². The van der Waals surface area contributed by atoms with E-state index in [9.17, 15) is 9.59 Å². The van der Waals surface area contributed by atoms with Gasteiger partial charge in [-0.1, -0.05) is 30.3 Å². The first kappa shape index (κ1) is 19.3. The molecular formula is C23H26O4. The second kappa shape index (κ2) is 8.96. The maximum absolute atomic E-state index is 11.5. The molecule has 0 saturated heterocycles. The van der Waals surface area contributed by atoms with Crippen LogP contribution in [-0.4, -0.2) is 31.4 Å². The zero-order valence-corrected chi connectivity index (χ0v) is 15.9. The van der Waals surface area contributed by atoms with Crippen molar-refractivity contribution in [3.8, 4) is 5.75 Å². The van der Waals surface area contributed by atoms with Crippen molar-refractivity contribution in [1.29, 1.82) is 0 Å². The maximum Gasteiger partial charge on any atom is 0.159 e. The van der Waals surface area contributed by atoms with E-state index >= 15 is 0 Å². The minimum Gasteiger partial charge on any atom is -0.491 e. The summed E-state index contributed by atoms with van der Waals surface area (Å²) < 4.78 is 11.3. The third-order valence-corrected chi connectivity index (χ3v) is 5.01. The summed E-state index contributed by atoms with van der Waals surface area (Å²) >= 11 is 0. The largest absolute Gasteiger partial charge is 0.491 e. The summed E-state index contributed by atoms with van der Waals surface area (Å²) in [6.45, 7) is 4.86. The molecule has 0 spiro atoms. The van der Waals surface area contributed by atoms with Crippen LogP contribution in [0, 0.1) is 5.92 Å². The van der Waals surface area contributed by atoms with Gasteiger partial charge in [0.05, 0.1) is 6.61 Å². The summed E-state index contributed by atoms with van der Waals surface area (Å²) in [6, 6.07) is 15.2. The van der Waals surface area contributed by atoms with Crippen LogP contribution in [0.25, 0.3) is 0 Å². The van der Waals surface area contributed by atoms with Crippen LogP contribution in [-0.2, 0) is 4.74 Å². The smallest absolute Gasteiger partial charge is 0.159 e. The van der Waals surface area contributed by atoms with E-state index < -0.39 is 0 Å². The minimum absolute atomic E-state index is 0.0320. The first-order valence-corrected chi connectivity index (χ1v) is 9.47. The van der Waals surface area contributed by atoms with Gasteiger partial charge in [0.2, 0.25) is 0 Å². The van der Waals surface area contributed by atoms with Crippen molar-refractivity contribution in [2.45, 2.75) is 32.6 Å². The molecule has 2 aromatic rings. The Bertz CT molecular complexity index is 812. The molecule has 27 heavy (non-hydrogen) atoms. The average molecular weight is 366 g/mol. The number of carbonyl (C=O) groups is 2. The van der Waals surface area contributed by atoms with E-state index in [1.165, 1.54) is 12.0 Å². The van der Waals surface area contributed by atoms with Crippen molar-refractivity contribution in [2.24, 2.45) is 5.92 Å². The number of hydrogen-bond donors (Lipinski definition) is 0. The van der Waals surface area contributed by atoms with Crippen molar-refractivity contribution in [3.05, 3.63) is 65.2 Å². The molecule has 3 rings (SSSR count). The Kier molecular flexibility index (Phi) is 6.40. The van der Waals surface area contributed by atoms with Gasteiger partial charge in [-0.25, -0.2) is 0 Å². The molecule has 2 aromatic carbocycles. The van der Waals surface area contributed by atoms with Crippen LogP contribution in [0.5, 0.6) is 5.75 Å². The lowest BCUT2D eigenvalue weighted by atomic mass is 10.0. The van der Waals surface area contributed by atoms with Crippen LogP contribution in [0.15, 0.2) is 48.5 Å². The Hall–Kier alpha value is -2.46. The highest BCUT2D eigenvalue weighted by molar-refractivity contribution is 5.94. The molecule has 0 heterocycles. The molecule has 0 aromatic heterocycles.